The van der Waals surface area contributed by atoms with Crippen molar-refractivity contribution in [2.45, 2.75) is 13.1 Å². The van der Waals surface area contributed by atoms with E-state index >= 15 is 0 Å². The topological polar surface area (TPSA) is 93.1 Å². The number of amides is 2. The molecule has 1 heterocycles. The Labute approximate surface area is 174 Å². The van der Waals surface area contributed by atoms with Gasteiger partial charge in [-0.1, -0.05) is 24.3 Å². The average Bonchev–Trinajstić information content (AvgIpc) is 2.73. The highest BCUT2D eigenvalue weighted by Crippen LogP contribution is 2.33. The molecular formula is C21H17F3N4O3. The van der Waals surface area contributed by atoms with Crippen LogP contribution in [0.15, 0.2) is 59.4 Å². The molecule has 0 saturated carbocycles. The Hall–Kier alpha value is -3.95. The molecule has 3 rings (SSSR count). The van der Waals surface area contributed by atoms with E-state index in [-0.39, 0.29) is 22.6 Å². The maximum Gasteiger partial charge on any atom is 0.418 e. The van der Waals surface area contributed by atoms with Crippen LogP contribution in [-0.4, -0.2) is 28.6 Å². The molecule has 0 saturated heterocycles. The van der Waals surface area contributed by atoms with Crippen LogP contribution >= 0.6 is 0 Å². The van der Waals surface area contributed by atoms with Gasteiger partial charge in [-0.3, -0.25) is 14.4 Å². The van der Waals surface area contributed by atoms with Crippen molar-refractivity contribution in [3.63, 3.8) is 0 Å². The highest BCUT2D eigenvalue weighted by Gasteiger charge is 2.34. The molecule has 0 fully saturated rings. The lowest BCUT2D eigenvalue weighted by Gasteiger charge is -2.17. The summed E-state index contributed by atoms with van der Waals surface area (Å²) in [6.07, 6.45) is -4.66. The summed E-state index contributed by atoms with van der Waals surface area (Å²) in [5, 5.41) is 8.75. The van der Waals surface area contributed by atoms with E-state index in [2.05, 4.69) is 15.7 Å². The molecule has 0 aliphatic heterocycles. The Morgan fingerprint density at radius 1 is 1.00 bits per heavy atom. The lowest BCUT2D eigenvalue weighted by molar-refractivity contribution is -0.137. The lowest BCUT2D eigenvalue weighted by atomic mass is 10.1. The van der Waals surface area contributed by atoms with E-state index in [0.717, 1.165) is 16.8 Å². The van der Waals surface area contributed by atoms with Gasteiger partial charge in [0.1, 0.15) is 0 Å². The Morgan fingerprint density at radius 3 is 2.32 bits per heavy atom. The third-order valence-electron chi connectivity index (χ3n) is 4.41. The first-order valence-electron chi connectivity index (χ1n) is 9.03. The van der Waals surface area contributed by atoms with E-state index < -0.39 is 34.7 Å². The zero-order valence-corrected chi connectivity index (χ0v) is 16.4. The summed E-state index contributed by atoms with van der Waals surface area (Å²) in [6.45, 7) is 1.41. The first kappa shape index (κ1) is 21.8. The number of carbonyl (C=O) groups excluding carboxylic acids is 2. The van der Waals surface area contributed by atoms with E-state index in [0.29, 0.717) is 0 Å². The molecule has 3 aromatic rings. The van der Waals surface area contributed by atoms with Gasteiger partial charge in [0.15, 0.2) is 5.69 Å². The molecule has 2 amide bonds. The molecule has 1 aromatic heterocycles. The Balaban J connectivity index is 2.07. The number of hydrogen-bond donors (Lipinski definition) is 2. The summed E-state index contributed by atoms with van der Waals surface area (Å²) in [6, 6.07) is 11.8. The van der Waals surface area contributed by atoms with Gasteiger partial charge in [-0.05, 0) is 31.2 Å². The molecule has 0 atom stereocenters. The van der Waals surface area contributed by atoms with Crippen molar-refractivity contribution < 1.29 is 22.8 Å². The number of rotatable bonds is 4. The molecule has 0 radical (unpaired) electrons. The van der Waals surface area contributed by atoms with E-state index in [4.69, 9.17) is 0 Å². The van der Waals surface area contributed by atoms with Crippen molar-refractivity contribution in [1.82, 2.24) is 15.1 Å². The van der Waals surface area contributed by atoms with Crippen LogP contribution in [0.5, 0.6) is 0 Å². The van der Waals surface area contributed by atoms with E-state index in [1.54, 1.807) is 12.1 Å². The molecule has 2 aromatic carbocycles. The fourth-order valence-corrected chi connectivity index (χ4v) is 2.95. The Morgan fingerprint density at radius 2 is 1.65 bits per heavy atom. The van der Waals surface area contributed by atoms with Gasteiger partial charge in [0.2, 0.25) is 5.43 Å². The molecule has 0 aliphatic carbocycles. The molecule has 2 N–H and O–H groups in total. The highest BCUT2D eigenvalue weighted by molar-refractivity contribution is 6.08. The number of para-hydroxylation sites is 2. The Kier molecular flexibility index (Phi) is 5.91. The van der Waals surface area contributed by atoms with Gasteiger partial charge in [0, 0.05) is 18.8 Å². The quantitative estimate of drug-likeness (QED) is 0.665. The van der Waals surface area contributed by atoms with Crippen LogP contribution in [0.25, 0.3) is 5.69 Å². The highest BCUT2D eigenvalue weighted by atomic mass is 19.4. The number of anilines is 1. The number of benzene rings is 2. The standard InChI is InChI=1S/C21H17F3N4O3/c1-12-11-17(29)18(20(31)26-15-9-5-3-7-13(15)19(30)25-2)27-28(12)16-10-6-4-8-14(16)21(22,23)24/h3-11H,1-2H3,(H,25,30)(H,26,31). The monoisotopic (exact) mass is 430 g/mol. The van der Waals surface area contributed by atoms with Crippen LogP contribution in [0, 0.1) is 6.92 Å². The zero-order valence-electron chi connectivity index (χ0n) is 16.4. The molecular weight excluding hydrogens is 413 g/mol. The third kappa shape index (κ3) is 4.47. The first-order chi connectivity index (χ1) is 14.6. The SMILES string of the molecule is CNC(=O)c1ccccc1NC(=O)c1nn(-c2ccccc2C(F)(F)F)c(C)cc1=O. The van der Waals surface area contributed by atoms with E-state index in [1.165, 1.54) is 44.3 Å². The maximum atomic E-state index is 13.4. The second-order valence-corrected chi connectivity index (χ2v) is 6.50. The van der Waals surface area contributed by atoms with Crippen LogP contribution in [-0.2, 0) is 6.18 Å². The number of nitrogens with zero attached hydrogens (tertiary/aromatic N) is 2. The van der Waals surface area contributed by atoms with Crippen LogP contribution < -0.4 is 16.1 Å². The summed E-state index contributed by atoms with van der Waals surface area (Å²) in [4.78, 5) is 37.1. The largest absolute Gasteiger partial charge is 0.418 e. The molecule has 0 bridgehead atoms. The molecule has 0 aliphatic rings. The van der Waals surface area contributed by atoms with Crippen LogP contribution in [0.1, 0.15) is 32.1 Å². The molecule has 31 heavy (non-hydrogen) atoms. The summed E-state index contributed by atoms with van der Waals surface area (Å²) < 4.78 is 41.2. The Bertz CT molecular complexity index is 1220. The van der Waals surface area contributed by atoms with E-state index in [1.807, 2.05) is 0 Å². The van der Waals surface area contributed by atoms with Gasteiger partial charge in [0.05, 0.1) is 22.5 Å². The third-order valence-corrected chi connectivity index (χ3v) is 4.41. The second kappa shape index (κ2) is 8.42. The summed E-state index contributed by atoms with van der Waals surface area (Å²) in [5.74, 6) is -1.43. The van der Waals surface area contributed by atoms with Crippen molar-refractivity contribution in [3.8, 4) is 5.69 Å². The number of aryl methyl sites for hydroxylation is 1. The minimum Gasteiger partial charge on any atom is -0.355 e. The molecule has 0 spiro atoms. The normalized spacial score (nSPS) is 11.1. The molecule has 0 unspecified atom stereocenters. The van der Waals surface area contributed by atoms with Gasteiger partial charge >= 0.3 is 6.18 Å². The van der Waals surface area contributed by atoms with Crippen molar-refractivity contribution in [1.29, 1.82) is 0 Å². The van der Waals surface area contributed by atoms with Crippen LogP contribution in [0.3, 0.4) is 0 Å². The fourth-order valence-electron chi connectivity index (χ4n) is 2.95. The first-order valence-corrected chi connectivity index (χ1v) is 9.03. The van der Waals surface area contributed by atoms with Gasteiger partial charge in [-0.15, -0.1) is 0 Å². The van der Waals surface area contributed by atoms with Gasteiger partial charge < -0.3 is 10.6 Å². The van der Waals surface area contributed by atoms with E-state index in [9.17, 15) is 27.6 Å². The minimum atomic E-state index is -4.66. The van der Waals surface area contributed by atoms with Gasteiger partial charge in [-0.2, -0.15) is 18.3 Å². The molecule has 10 heteroatoms. The molecule has 160 valence electrons. The van der Waals surface area contributed by atoms with Gasteiger partial charge in [-0.25, -0.2) is 4.68 Å². The van der Waals surface area contributed by atoms with Crippen molar-refractivity contribution >= 4 is 17.5 Å². The lowest BCUT2D eigenvalue weighted by Crippen LogP contribution is -2.28. The zero-order chi connectivity index (χ0) is 22.8. The minimum absolute atomic E-state index is 0.115. The number of alkyl halides is 3. The number of carbonyl (C=O) groups is 2. The fraction of sp³-hybridized carbons (Fsp3) is 0.143. The summed E-state index contributed by atoms with van der Waals surface area (Å²) in [7, 11) is 1.42. The van der Waals surface area contributed by atoms with Crippen molar-refractivity contribution in [2.75, 3.05) is 12.4 Å². The van der Waals surface area contributed by atoms with Crippen LogP contribution in [0.4, 0.5) is 18.9 Å². The summed E-state index contributed by atoms with van der Waals surface area (Å²) in [5.41, 5.74) is -2.30. The second-order valence-electron chi connectivity index (χ2n) is 6.50. The smallest absolute Gasteiger partial charge is 0.355 e. The number of aromatic nitrogens is 2. The number of halogens is 3. The maximum absolute atomic E-state index is 13.4. The predicted octanol–water partition coefficient (Wildman–Crippen LogP) is 3.17. The van der Waals surface area contributed by atoms with Gasteiger partial charge in [0.25, 0.3) is 11.8 Å². The number of hydrogen-bond acceptors (Lipinski definition) is 4. The average molecular weight is 430 g/mol. The predicted molar refractivity (Wildman–Crippen MR) is 107 cm³/mol. The number of nitrogens with one attached hydrogen (secondary N) is 2. The van der Waals surface area contributed by atoms with Crippen LogP contribution in [0.2, 0.25) is 0 Å². The summed E-state index contributed by atoms with van der Waals surface area (Å²) >= 11 is 0. The van der Waals surface area contributed by atoms with Crippen molar-refractivity contribution in [3.05, 3.63) is 87.3 Å². The van der Waals surface area contributed by atoms with Crippen molar-refractivity contribution in [2.24, 2.45) is 0 Å². The molecule has 7 nitrogen and oxygen atoms in total.